The van der Waals surface area contributed by atoms with Gasteiger partial charge < -0.3 is 26.0 Å². The molecule has 0 bridgehead atoms. The highest BCUT2D eigenvalue weighted by Crippen LogP contribution is 2.29. The van der Waals surface area contributed by atoms with Crippen LogP contribution in [0.15, 0.2) is 29.3 Å². The molecular formula is C23H41N5O2. The number of carbonyl (C=O) groups is 1. The van der Waals surface area contributed by atoms with Crippen molar-refractivity contribution in [1.29, 1.82) is 0 Å². The summed E-state index contributed by atoms with van der Waals surface area (Å²) in [7, 11) is 3.96. The molecule has 1 aromatic carbocycles. The Morgan fingerprint density at radius 3 is 2.47 bits per heavy atom. The summed E-state index contributed by atoms with van der Waals surface area (Å²) < 4.78 is 0. The first kappa shape index (κ1) is 25.9. The monoisotopic (exact) mass is 419 g/mol. The van der Waals surface area contributed by atoms with Crippen LogP contribution < -0.4 is 16.0 Å². The van der Waals surface area contributed by atoms with Gasteiger partial charge in [0.05, 0.1) is 6.54 Å². The van der Waals surface area contributed by atoms with Crippen LogP contribution in [-0.4, -0.2) is 68.8 Å². The molecule has 0 aliphatic heterocycles. The molecule has 0 saturated heterocycles. The standard InChI is InChI=1S/C23H41N5O2/c1-6-23(7-2,12-15-29)18-27-22(24-8-3)26-17-19-10-9-11-20(16-19)21(30)25-13-14-28(4)5/h9-11,16,29H,6-8,12-15,17-18H2,1-5H3,(H,25,30)(H2,24,26,27). The predicted octanol–water partition coefficient (Wildman–Crippen LogP) is 2.22. The molecule has 0 saturated carbocycles. The zero-order chi connectivity index (χ0) is 22.4. The van der Waals surface area contributed by atoms with Crippen LogP contribution in [0.2, 0.25) is 0 Å². The smallest absolute Gasteiger partial charge is 0.251 e. The lowest BCUT2D eigenvalue weighted by Crippen LogP contribution is -2.43. The van der Waals surface area contributed by atoms with E-state index < -0.39 is 0 Å². The molecule has 0 heterocycles. The molecular weight excluding hydrogens is 378 g/mol. The molecule has 1 amide bonds. The maximum absolute atomic E-state index is 12.3. The fourth-order valence-electron chi connectivity index (χ4n) is 3.27. The van der Waals surface area contributed by atoms with Gasteiger partial charge in [-0.25, -0.2) is 4.99 Å². The molecule has 7 heteroatoms. The van der Waals surface area contributed by atoms with Crippen LogP contribution in [0.1, 0.15) is 56.0 Å². The van der Waals surface area contributed by atoms with Gasteiger partial charge in [0.1, 0.15) is 0 Å². The molecule has 0 spiro atoms. The normalized spacial score (nSPS) is 12.2. The third kappa shape index (κ3) is 9.13. The van der Waals surface area contributed by atoms with Crippen LogP contribution in [0.5, 0.6) is 0 Å². The van der Waals surface area contributed by atoms with Crippen LogP contribution in [0, 0.1) is 5.41 Å². The molecule has 1 rings (SSSR count). The largest absolute Gasteiger partial charge is 0.396 e. The number of amides is 1. The van der Waals surface area contributed by atoms with Crippen molar-refractivity contribution in [2.24, 2.45) is 10.4 Å². The van der Waals surface area contributed by atoms with Gasteiger partial charge in [-0.05, 0) is 63.4 Å². The molecule has 4 N–H and O–H groups in total. The van der Waals surface area contributed by atoms with Crippen molar-refractivity contribution in [3.63, 3.8) is 0 Å². The van der Waals surface area contributed by atoms with E-state index in [1.807, 2.05) is 50.2 Å². The van der Waals surface area contributed by atoms with Gasteiger partial charge in [0, 0.05) is 38.3 Å². The van der Waals surface area contributed by atoms with Crippen LogP contribution in [-0.2, 0) is 6.54 Å². The topological polar surface area (TPSA) is 89.0 Å². The van der Waals surface area contributed by atoms with Crippen molar-refractivity contribution in [3.05, 3.63) is 35.4 Å². The average molecular weight is 420 g/mol. The van der Waals surface area contributed by atoms with E-state index in [1.165, 1.54) is 0 Å². The minimum Gasteiger partial charge on any atom is -0.396 e. The second-order valence-electron chi connectivity index (χ2n) is 7.99. The van der Waals surface area contributed by atoms with Gasteiger partial charge in [0.2, 0.25) is 0 Å². The molecule has 170 valence electrons. The Labute approximate surface area is 182 Å². The van der Waals surface area contributed by atoms with E-state index in [1.54, 1.807) is 0 Å². The van der Waals surface area contributed by atoms with Crippen molar-refractivity contribution < 1.29 is 9.90 Å². The number of hydrogen-bond donors (Lipinski definition) is 4. The number of aliphatic hydroxyl groups excluding tert-OH is 1. The van der Waals surface area contributed by atoms with Crippen LogP contribution >= 0.6 is 0 Å². The fraction of sp³-hybridized carbons (Fsp3) is 0.652. The lowest BCUT2D eigenvalue weighted by atomic mass is 9.79. The van der Waals surface area contributed by atoms with Gasteiger partial charge in [-0.15, -0.1) is 0 Å². The summed E-state index contributed by atoms with van der Waals surface area (Å²) in [6.07, 6.45) is 2.78. The van der Waals surface area contributed by atoms with E-state index >= 15 is 0 Å². The molecule has 30 heavy (non-hydrogen) atoms. The number of aliphatic hydroxyl groups is 1. The minimum absolute atomic E-state index is 0.0626. The second kappa shape index (κ2) is 14.0. The highest BCUT2D eigenvalue weighted by atomic mass is 16.3. The van der Waals surface area contributed by atoms with Crippen molar-refractivity contribution in [3.8, 4) is 0 Å². The minimum atomic E-state index is -0.0626. The summed E-state index contributed by atoms with van der Waals surface area (Å²) in [5.74, 6) is 0.690. The molecule has 0 unspecified atom stereocenters. The number of likely N-dealkylation sites (N-methyl/N-ethyl adjacent to an activating group) is 1. The third-order valence-corrected chi connectivity index (χ3v) is 5.57. The maximum atomic E-state index is 12.3. The zero-order valence-corrected chi connectivity index (χ0v) is 19.4. The highest BCUT2D eigenvalue weighted by molar-refractivity contribution is 5.94. The maximum Gasteiger partial charge on any atom is 0.251 e. The van der Waals surface area contributed by atoms with Crippen molar-refractivity contribution in [1.82, 2.24) is 20.9 Å². The van der Waals surface area contributed by atoms with E-state index in [-0.39, 0.29) is 17.9 Å². The van der Waals surface area contributed by atoms with Gasteiger partial charge in [-0.3, -0.25) is 4.79 Å². The van der Waals surface area contributed by atoms with E-state index in [0.29, 0.717) is 18.7 Å². The summed E-state index contributed by atoms with van der Waals surface area (Å²) in [5.41, 5.74) is 1.70. The number of carbonyl (C=O) groups excluding carboxylic acids is 1. The number of guanidine groups is 1. The summed E-state index contributed by atoms with van der Waals surface area (Å²) in [5, 5.41) is 19.1. The van der Waals surface area contributed by atoms with E-state index in [2.05, 4.69) is 29.8 Å². The molecule has 0 fully saturated rings. The molecule has 1 aromatic rings. The Balaban J connectivity index is 2.77. The summed E-state index contributed by atoms with van der Waals surface area (Å²) >= 11 is 0. The number of rotatable bonds is 13. The first-order valence-corrected chi connectivity index (χ1v) is 11.0. The first-order chi connectivity index (χ1) is 14.4. The highest BCUT2D eigenvalue weighted by Gasteiger charge is 2.25. The number of hydrogen-bond acceptors (Lipinski definition) is 4. The molecule has 7 nitrogen and oxygen atoms in total. The summed E-state index contributed by atoms with van der Waals surface area (Å²) in [6, 6.07) is 7.60. The molecule has 0 aromatic heterocycles. The second-order valence-corrected chi connectivity index (χ2v) is 7.99. The van der Waals surface area contributed by atoms with E-state index in [9.17, 15) is 9.90 Å². The first-order valence-electron chi connectivity index (χ1n) is 11.0. The third-order valence-electron chi connectivity index (χ3n) is 5.57. The Kier molecular flexibility index (Phi) is 12.1. The summed E-state index contributed by atoms with van der Waals surface area (Å²) in [4.78, 5) is 19.1. The van der Waals surface area contributed by atoms with Crippen molar-refractivity contribution in [2.45, 2.75) is 46.6 Å². The Morgan fingerprint density at radius 2 is 1.87 bits per heavy atom. The number of aliphatic imine (C=N–C) groups is 1. The van der Waals surface area contributed by atoms with Gasteiger partial charge in [-0.2, -0.15) is 0 Å². The average Bonchev–Trinajstić information content (AvgIpc) is 2.74. The van der Waals surface area contributed by atoms with Gasteiger partial charge in [0.25, 0.3) is 5.91 Å². The SMILES string of the molecule is CCNC(=NCc1cccc(C(=O)NCCN(C)C)c1)NCC(CC)(CC)CCO. The predicted molar refractivity (Wildman–Crippen MR) is 125 cm³/mol. The lowest BCUT2D eigenvalue weighted by molar-refractivity contribution is 0.0951. The van der Waals surface area contributed by atoms with Crippen LogP contribution in [0.3, 0.4) is 0 Å². The molecule has 0 radical (unpaired) electrons. The van der Waals surface area contributed by atoms with E-state index in [0.717, 1.165) is 50.4 Å². The number of benzene rings is 1. The number of nitrogens with one attached hydrogen (secondary N) is 3. The van der Waals surface area contributed by atoms with Crippen LogP contribution in [0.25, 0.3) is 0 Å². The van der Waals surface area contributed by atoms with Crippen molar-refractivity contribution in [2.75, 3.05) is 46.9 Å². The quantitative estimate of drug-likeness (QED) is 0.291. The van der Waals surface area contributed by atoms with E-state index in [4.69, 9.17) is 4.99 Å². The molecule has 0 aliphatic carbocycles. The lowest BCUT2D eigenvalue weighted by Gasteiger charge is -2.32. The Hall–Kier alpha value is -2.12. The van der Waals surface area contributed by atoms with Crippen LogP contribution in [0.4, 0.5) is 0 Å². The number of nitrogens with zero attached hydrogens (tertiary/aromatic N) is 2. The van der Waals surface area contributed by atoms with Gasteiger partial charge in [0.15, 0.2) is 5.96 Å². The van der Waals surface area contributed by atoms with Gasteiger partial charge in [-0.1, -0.05) is 26.0 Å². The Morgan fingerprint density at radius 1 is 1.13 bits per heavy atom. The van der Waals surface area contributed by atoms with Crippen molar-refractivity contribution >= 4 is 11.9 Å². The van der Waals surface area contributed by atoms with Gasteiger partial charge >= 0.3 is 0 Å². The summed E-state index contributed by atoms with van der Waals surface area (Å²) in [6.45, 7) is 10.0. The zero-order valence-electron chi connectivity index (χ0n) is 19.4. The Bertz CT molecular complexity index is 657. The fourth-order valence-corrected chi connectivity index (χ4v) is 3.27. The molecule has 0 atom stereocenters. The molecule has 0 aliphatic rings.